The van der Waals surface area contributed by atoms with Gasteiger partial charge in [0, 0.05) is 17.6 Å². The molecule has 0 aliphatic carbocycles. The molecule has 2 aromatic rings. The number of allylic oxidation sites excluding steroid dienone is 1. The molecule has 1 N–H and O–H groups in total. The molecule has 0 fully saturated rings. The third kappa shape index (κ3) is 4.92. The van der Waals surface area contributed by atoms with Crippen LogP contribution in [0.2, 0.25) is 0 Å². The van der Waals surface area contributed by atoms with Gasteiger partial charge in [-0.1, -0.05) is 17.8 Å². The monoisotopic (exact) mass is 348 g/mol. The summed E-state index contributed by atoms with van der Waals surface area (Å²) >= 11 is 1.31. The van der Waals surface area contributed by atoms with Gasteiger partial charge in [-0.05, 0) is 45.0 Å². The van der Waals surface area contributed by atoms with Crippen molar-refractivity contribution in [1.29, 1.82) is 0 Å². The molecule has 0 radical (unpaired) electrons. The van der Waals surface area contributed by atoms with Crippen molar-refractivity contribution in [2.75, 3.05) is 5.75 Å². The molecule has 5 nitrogen and oxygen atoms in total. The number of halogens is 1. The number of amides is 1. The van der Waals surface area contributed by atoms with Gasteiger partial charge in [0.1, 0.15) is 5.82 Å². The topological polar surface area (TPSA) is 59.8 Å². The lowest BCUT2D eigenvalue weighted by molar-refractivity contribution is -0.119. The Labute approximate surface area is 145 Å². The largest absolute Gasteiger partial charge is 0.351 e. The second-order valence-corrected chi connectivity index (χ2v) is 7.24. The van der Waals surface area contributed by atoms with Gasteiger partial charge in [0.2, 0.25) is 5.91 Å². The van der Waals surface area contributed by atoms with E-state index in [0.717, 1.165) is 5.56 Å². The molecule has 1 amide bonds. The number of carbonyl (C=O) groups is 1. The van der Waals surface area contributed by atoms with Crippen LogP contribution in [0.5, 0.6) is 0 Å². The quantitative estimate of drug-likeness (QED) is 0.643. The second-order valence-electron chi connectivity index (χ2n) is 6.30. The Morgan fingerprint density at radius 1 is 1.33 bits per heavy atom. The SMILES string of the molecule is C=CCn1c(SCC(=O)NC(C)(C)C)nnc1-c1ccc(F)cc1. The van der Waals surface area contributed by atoms with E-state index in [1.54, 1.807) is 18.2 Å². The number of hydrogen-bond donors (Lipinski definition) is 1. The number of carbonyl (C=O) groups excluding carboxylic acids is 1. The van der Waals surface area contributed by atoms with Crippen molar-refractivity contribution in [3.8, 4) is 11.4 Å². The first kappa shape index (κ1) is 18.2. The van der Waals surface area contributed by atoms with Crippen molar-refractivity contribution in [2.45, 2.75) is 38.0 Å². The summed E-state index contributed by atoms with van der Waals surface area (Å²) in [5, 5.41) is 11.9. The second kappa shape index (κ2) is 7.61. The van der Waals surface area contributed by atoms with Gasteiger partial charge in [-0.25, -0.2) is 4.39 Å². The van der Waals surface area contributed by atoms with Crippen molar-refractivity contribution in [1.82, 2.24) is 20.1 Å². The van der Waals surface area contributed by atoms with E-state index in [-0.39, 0.29) is 23.0 Å². The molecule has 0 saturated heterocycles. The van der Waals surface area contributed by atoms with Crippen molar-refractivity contribution in [3.05, 3.63) is 42.7 Å². The first-order valence-corrected chi connectivity index (χ1v) is 8.52. The third-order valence-corrected chi connectivity index (χ3v) is 3.94. The normalized spacial score (nSPS) is 11.3. The predicted octanol–water partition coefficient (Wildman–Crippen LogP) is 3.28. The Hall–Kier alpha value is -2.15. The van der Waals surface area contributed by atoms with Crippen molar-refractivity contribution >= 4 is 17.7 Å². The van der Waals surface area contributed by atoms with E-state index >= 15 is 0 Å². The molecular formula is C17H21FN4OS. The van der Waals surface area contributed by atoms with E-state index in [1.807, 2.05) is 25.3 Å². The molecule has 1 heterocycles. The Kier molecular flexibility index (Phi) is 5.77. The fourth-order valence-electron chi connectivity index (χ4n) is 2.09. The summed E-state index contributed by atoms with van der Waals surface area (Å²) < 4.78 is 14.9. The number of nitrogens with one attached hydrogen (secondary N) is 1. The summed E-state index contributed by atoms with van der Waals surface area (Å²) in [4.78, 5) is 12.0. The molecular weight excluding hydrogens is 327 g/mol. The van der Waals surface area contributed by atoms with E-state index in [2.05, 4.69) is 22.1 Å². The summed E-state index contributed by atoms with van der Waals surface area (Å²) in [7, 11) is 0. The first-order chi connectivity index (χ1) is 11.3. The lowest BCUT2D eigenvalue weighted by Crippen LogP contribution is -2.41. The minimum atomic E-state index is -0.304. The Morgan fingerprint density at radius 3 is 2.58 bits per heavy atom. The van der Waals surface area contributed by atoms with Gasteiger partial charge in [0.05, 0.1) is 5.75 Å². The minimum Gasteiger partial charge on any atom is -0.351 e. The van der Waals surface area contributed by atoms with Crippen LogP contribution >= 0.6 is 11.8 Å². The maximum atomic E-state index is 13.1. The predicted molar refractivity (Wildman–Crippen MR) is 94.2 cm³/mol. The molecule has 0 aliphatic heterocycles. The van der Waals surface area contributed by atoms with E-state index in [9.17, 15) is 9.18 Å². The highest BCUT2D eigenvalue weighted by Gasteiger charge is 2.17. The Balaban J connectivity index is 2.17. The van der Waals surface area contributed by atoms with E-state index in [1.165, 1.54) is 23.9 Å². The molecule has 0 spiro atoms. The number of nitrogens with zero attached hydrogens (tertiary/aromatic N) is 3. The molecule has 0 saturated carbocycles. The average molecular weight is 348 g/mol. The number of benzene rings is 1. The summed E-state index contributed by atoms with van der Waals surface area (Å²) in [6.07, 6.45) is 1.73. The van der Waals surface area contributed by atoms with Crippen LogP contribution in [0.15, 0.2) is 42.1 Å². The molecule has 1 aromatic carbocycles. The van der Waals surface area contributed by atoms with Crippen LogP contribution in [-0.4, -0.2) is 32.0 Å². The maximum absolute atomic E-state index is 13.1. The fourth-order valence-corrected chi connectivity index (χ4v) is 2.83. The molecule has 0 unspecified atom stereocenters. The molecule has 0 atom stereocenters. The fraction of sp³-hybridized carbons (Fsp3) is 0.353. The standard InChI is InChI=1S/C17H21FN4OS/c1-5-10-22-15(12-6-8-13(18)9-7-12)20-21-16(22)24-11-14(23)19-17(2,3)4/h5-9H,1,10-11H2,2-4H3,(H,19,23). The van der Waals surface area contributed by atoms with Gasteiger partial charge in [0.15, 0.2) is 11.0 Å². The molecule has 128 valence electrons. The van der Waals surface area contributed by atoms with Crippen LogP contribution in [-0.2, 0) is 11.3 Å². The number of aromatic nitrogens is 3. The van der Waals surface area contributed by atoms with Crippen LogP contribution in [0.25, 0.3) is 11.4 Å². The van der Waals surface area contributed by atoms with Crippen LogP contribution in [0, 0.1) is 5.82 Å². The van der Waals surface area contributed by atoms with E-state index in [4.69, 9.17) is 0 Å². The zero-order valence-corrected chi connectivity index (χ0v) is 14.9. The molecule has 2 rings (SSSR count). The average Bonchev–Trinajstić information content (AvgIpc) is 2.88. The number of hydrogen-bond acceptors (Lipinski definition) is 4. The molecule has 1 aromatic heterocycles. The summed E-state index contributed by atoms with van der Waals surface area (Å²) in [6, 6.07) is 6.07. The highest BCUT2D eigenvalue weighted by molar-refractivity contribution is 7.99. The molecule has 0 aliphatic rings. The zero-order chi connectivity index (χ0) is 17.7. The highest BCUT2D eigenvalue weighted by atomic mass is 32.2. The summed E-state index contributed by atoms with van der Waals surface area (Å²) in [5.74, 6) is 0.496. The van der Waals surface area contributed by atoms with Crippen molar-refractivity contribution in [3.63, 3.8) is 0 Å². The zero-order valence-electron chi connectivity index (χ0n) is 14.0. The molecule has 0 bridgehead atoms. The first-order valence-electron chi connectivity index (χ1n) is 7.54. The Morgan fingerprint density at radius 2 is 2.00 bits per heavy atom. The van der Waals surface area contributed by atoms with Gasteiger partial charge in [-0.15, -0.1) is 16.8 Å². The number of thioether (sulfide) groups is 1. The lowest BCUT2D eigenvalue weighted by atomic mass is 10.1. The molecule has 24 heavy (non-hydrogen) atoms. The van der Waals surface area contributed by atoms with Gasteiger partial charge in [-0.2, -0.15) is 0 Å². The van der Waals surface area contributed by atoms with E-state index < -0.39 is 0 Å². The lowest BCUT2D eigenvalue weighted by Gasteiger charge is -2.20. The van der Waals surface area contributed by atoms with Crippen LogP contribution in [0.4, 0.5) is 4.39 Å². The Bertz CT molecular complexity index is 719. The number of rotatable bonds is 6. The van der Waals surface area contributed by atoms with E-state index in [0.29, 0.717) is 17.5 Å². The smallest absolute Gasteiger partial charge is 0.230 e. The third-order valence-electron chi connectivity index (χ3n) is 2.98. The summed E-state index contributed by atoms with van der Waals surface area (Å²) in [5.41, 5.74) is 0.489. The maximum Gasteiger partial charge on any atom is 0.230 e. The van der Waals surface area contributed by atoms with Crippen LogP contribution in [0.3, 0.4) is 0 Å². The van der Waals surface area contributed by atoms with Crippen molar-refractivity contribution in [2.24, 2.45) is 0 Å². The van der Waals surface area contributed by atoms with Crippen molar-refractivity contribution < 1.29 is 9.18 Å². The van der Waals surface area contributed by atoms with Gasteiger partial charge in [-0.3, -0.25) is 9.36 Å². The van der Waals surface area contributed by atoms with Gasteiger partial charge in [0.25, 0.3) is 0 Å². The van der Waals surface area contributed by atoms with Gasteiger partial charge < -0.3 is 5.32 Å². The minimum absolute atomic E-state index is 0.0658. The van der Waals surface area contributed by atoms with Gasteiger partial charge >= 0.3 is 0 Å². The molecule has 7 heteroatoms. The van der Waals surface area contributed by atoms with Crippen LogP contribution in [0.1, 0.15) is 20.8 Å². The summed E-state index contributed by atoms with van der Waals surface area (Å²) in [6.45, 7) is 10.0. The highest BCUT2D eigenvalue weighted by Crippen LogP contribution is 2.24. The van der Waals surface area contributed by atoms with Crippen LogP contribution < -0.4 is 5.32 Å².